The Bertz CT molecular complexity index is 527. The second kappa shape index (κ2) is 5.51. The van der Waals surface area contributed by atoms with Gasteiger partial charge in [-0.25, -0.2) is 0 Å². The molecule has 2 N–H and O–H groups in total. The minimum absolute atomic E-state index is 0.891. The molecule has 0 aromatic carbocycles. The van der Waals surface area contributed by atoms with Gasteiger partial charge in [0.25, 0.3) is 0 Å². The molecule has 1 aromatic rings. The Morgan fingerprint density at radius 1 is 1.12 bits per heavy atom. The predicted octanol–water partition coefficient (Wildman–Crippen LogP) is 1.34. The van der Waals surface area contributed by atoms with Crippen LogP contribution in [0.1, 0.15) is 12.1 Å². The smallest absolute Gasteiger partial charge is 0.0432 e. The van der Waals surface area contributed by atoms with Gasteiger partial charge in [-0.3, -0.25) is 0 Å². The molecule has 0 atom stereocenters. The highest BCUT2D eigenvalue weighted by Crippen LogP contribution is 2.10. The van der Waals surface area contributed by atoms with Gasteiger partial charge in [-0.15, -0.1) is 0 Å². The first-order valence-electron chi connectivity index (χ1n) is 5.87. The maximum atomic E-state index is 4.01. The molecular formula is C15H18N2. The third-order valence-electron chi connectivity index (χ3n) is 2.72. The largest absolute Gasteiger partial charge is 0.356 e. The molecule has 2 rings (SSSR count). The summed E-state index contributed by atoms with van der Waals surface area (Å²) in [5.41, 5.74) is 2.37. The van der Waals surface area contributed by atoms with Crippen molar-refractivity contribution in [3.63, 3.8) is 0 Å². The Morgan fingerprint density at radius 3 is 2.71 bits per heavy atom. The minimum Gasteiger partial charge on any atom is -0.356 e. The summed E-state index contributed by atoms with van der Waals surface area (Å²) in [6.07, 6.45) is 3.33. The summed E-state index contributed by atoms with van der Waals surface area (Å²) in [4.78, 5) is 3.33. The summed E-state index contributed by atoms with van der Waals surface area (Å²) in [6, 6.07) is 9.95. The van der Waals surface area contributed by atoms with Crippen LogP contribution in [0.25, 0.3) is 18.7 Å². The van der Waals surface area contributed by atoms with Gasteiger partial charge < -0.3 is 10.3 Å². The van der Waals surface area contributed by atoms with Crippen LogP contribution in [-0.2, 0) is 0 Å². The van der Waals surface area contributed by atoms with Crippen molar-refractivity contribution in [3.8, 4) is 0 Å². The molecule has 0 aliphatic carbocycles. The zero-order valence-corrected chi connectivity index (χ0v) is 10.00. The molecule has 0 spiro atoms. The van der Waals surface area contributed by atoms with E-state index >= 15 is 0 Å². The predicted molar refractivity (Wildman–Crippen MR) is 74.2 cm³/mol. The van der Waals surface area contributed by atoms with Crippen molar-refractivity contribution in [1.82, 2.24) is 10.3 Å². The fraction of sp³-hybridized carbons (Fsp3) is 0.200. The molecular weight excluding hydrogens is 208 g/mol. The number of rotatable bonds is 1. The number of nitrogens with one attached hydrogen (secondary N) is 2. The number of H-pyrrole nitrogens is 1. The van der Waals surface area contributed by atoms with Gasteiger partial charge in [-0.2, -0.15) is 0 Å². The number of hydrogen-bond donors (Lipinski definition) is 2. The molecule has 1 aliphatic heterocycles. The molecule has 2 heteroatoms. The lowest BCUT2D eigenvalue weighted by molar-refractivity contribution is 0.737. The van der Waals surface area contributed by atoms with Crippen LogP contribution in [0, 0.1) is 0 Å². The highest BCUT2D eigenvalue weighted by atomic mass is 14.9. The van der Waals surface area contributed by atoms with E-state index < -0.39 is 0 Å². The molecule has 17 heavy (non-hydrogen) atoms. The van der Waals surface area contributed by atoms with Gasteiger partial charge in [0.1, 0.15) is 0 Å². The lowest BCUT2D eigenvalue weighted by Crippen LogP contribution is -2.22. The van der Waals surface area contributed by atoms with Gasteiger partial charge in [-0.1, -0.05) is 37.4 Å². The molecule has 2 nitrogen and oxygen atoms in total. The molecule has 0 saturated heterocycles. The summed E-state index contributed by atoms with van der Waals surface area (Å²) < 4.78 is 0. The van der Waals surface area contributed by atoms with Crippen molar-refractivity contribution < 1.29 is 0 Å². The first kappa shape index (κ1) is 11.7. The van der Waals surface area contributed by atoms with Crippen molar-refractivity contribution in [2.24, 2.45) is 0 Å². The van der Waals surface area contributed by atoms with Gasteiger partial charge in [0.15, 0.2) is 0 Å². The summed E-state index contributed by atoms with van der Waals surface area (Å²) in [5.74, 6) is 0. The van der Waals surface area contributed by atoms with Crippen molar-refractivity contribution in [1.29, 1.82) is 0 Å². The number of aromatic amines is 1. The molecule has 0 saturated carbocycles. The average molecular weight is 226 g/mol. The van der Waals surface area contributed by atoms with Crippen LogP contribution in [0.5, 0.6) is 0 Å². The van der Waals surface area contributed by atoms with E-state index in [1.165, 1.54) is 5.57 Å². The van der Waals surface area contributed by atoms with E-state index in [0.29, 0.717) is 0 Å². The zero-order valence-electron chi connectivity index (χ0n) is 10.00. The maximum absolute atomic E-state index is 4.01. The van der Waals surface area contributed by atoms with Gasteiger partial charge in [0.05, 0.1) is 0 Å². The molecule has 0 bridgehead atoms. The first-order chi connectivity index (χ1) is 8.25. The Balaban J connectivity index is 2.60. The topological polar surface area (TPSA) is 27.8 Å². The molecule has 0 amide bonds. The quantitative estimate of drug-likeness (QED) is 0.743. The summed E-state index contributed by atoms with van der Waals surface area (Å²) in [7, 11) is 0. The van der Waals surface area contributed by atoms with Gasteiger partial charge >= 0.3 is 0 Å². The monoisotopic (exact) mass is 226 g/mol. The second-order valence-electron chi connectivity index (χ2n) is 4.20. The van der Waals surface area contributed by atoms with Crippen LogP contribution in [-0.4, -0.2) is 18.1 Å². The maximum Gasteiger partial charge on any atom is 0.0432 e. The summed E-state index contributed by atoms with van der Waals surface area (Å²) >= 11 is 0. The third kappa shape index (κ3) is 3.33. The molecule has 1 aliphatic rings. The molecule has 0 unspecified atom stereocenters. The van der Waals surface area contributed by atoms with Crippen LogP contribution < -0.4 is 15.9 Å². The second-order valence-corrected chi connectivity index (χ2v) is 4.20. The molecule has 88 valence electrons. The molecule has 0 radical (unpaired) electrons. The fourth-order valence-corrected chi connectivity index (χ4v) is 1.86. The van der Waals surface area contributed by atoms with E-state index in [9.17, 15) is 0 Å². The summed E-state index contributed by atoms with van der Waals surface area (Å²) in [5, 5.41) is 5.24. The minimum atomic E-state index is 0.891. The van der Waals surface area contributed by atoms with E-state index in [1.54, 1.807) is 0 Å². The van der Waals surface area contributed by atoms with E-state index in [-0.39, 0.29) is 0 Å². The number of hydrogen-bond acceptors (Lipinski definition) is 1. The van der Waals surface area contributed by atoms with Crippen molar-refractivity contribution >= 4 is 18.7 Å². The SMILES string of the molecule is C=c1ccccc(=C)[nH]c(C2=CCCNC2)c1. The van der Waals surface area contributed by atoms with Crippen LogP contribution in [0.2, 0.25) is 0 Å². The van der Waals surface area contributed by atoms with Crippen LogP contribution in [0.3, 0.4) is 0 Å². The zero-order chi connectivity index (χ0) is 12.1. The van der Waals surface area contributed by atoms with Crippen LogP contribution in [0.4, 0.5) is 0 Å². The van der Waals surface area contributed by atoms with E-state index in [1.807, 2.05) is 24.3 Å². The summed E-state index contributed by atoms with van der Waals surface area (Å²) in [6.45, 7) is 9.94. The Hall–Kier alpha value is -1.80. The lowest BCUT2D eigenvalue weighted by Gasteiger charge is -2.13. The van der Waals surface area contributed by atoms with Crippen LogP contribution >= 0.6 is 0 Å². The van der Waals surface area contributed by atoms with Crippen molar-refractivity contribution in [2.45, 2.75) is 6.42 Å². The molecule has 0 fully saturated rings. The van der Waals surface area contributed by atoms with E-state index in [0.717, 1.165) is 35.8 Å². The standard InChI is InChI=1S/C15H18N2/c1-12-6-3-4-7-13(2)17-15(10-12)14-8-5-9-16-11-14/h3-4,6-8,10,16-17H,1-2,5,9,11H2. The van der Waals surface area contributed by atoms with Crippen molar-refractivity contribution in [2.75, 3.05) is 13.1 Å². The third-order valence-corrected chi connectivity index (χ3v) is 2.72. The highest BCUT2D eigenvalue weighted by molar-refractivity contribution is 5.64. The van der Waals surface area contributed by atoms with Gasteiger partial charge in [-0.05, 0) is 35.9 Å². The van der Waals surface area contributed by atoms with Gasteiger partial charge in [0.2, 0.25) is 0 Å². The number of aromatic nitrogens is 1. The average Bonchev–Trinajstić information content (AvgIpc) is 2.42. The Labute approximate surface area is 102 Å². The fourth-order valence-electron chi connectivity index (χ4n) is 1.86. The van der Waals surface area contributed by atoms with E-state index in [4.69, 9.17) is 0 Å². The molecule has 1 aromatic heterocycles. The Kier molecular flexibility index (Phi) is 3.78. The Morgan fingerprint density at radius 2 is 1.94 bits per heavy atom. The van der Waals surface area contributed by atoms with Crippen LogP contribution in [0.15, 0.2) is 36.4 Å². The normalized spacial score (nSPS) is 14.9. The van der Waals surface area contributed by atoms with E-state index in [2.05, 4.69) is 35.6 Å². The van der Waals surface area contributed by atoms with Crippen molar-refractivity contribution in [3.05, 3.63) is 52.7 Å². The molecule has 2 heterocycles. The lowest BCUT2D eigenvalue weighted by atomic mass is 10.1. The first-order valence-corrected chi connectivity index (χ1v) is 5.87. The van der Waals surface area contributed by atoms with Gasteiger partial charge in [0, 0.05) is 17.6 Å². The highest BCUT2D eigenvalue weighted by Gasteiger charge is 2.04.